The second-order valence-electron chi connectivity index (χ2n) is 5.12. The highest BCUT2D eigenvalue weighted by Gasteiger charge is 2.43. The maximum absolute atomic E-state index is 13.0. The SMILES string of the molecule is CCN(C)C(=O)C1(c2ccc(F)cc2)CCCC1. The van der Waals surface area contributed by atoms with Gasteiger partial charge in [-0.2, -0.15) is 0 Å². The Hall–Kier alpha value is -1.38. The number of carbonyl (C=O) groups is 1. The summed E-state index contributed by atoms with van der Waals surface area (Å²) in [6, 6.07) is 6.44. The van der Waals surface area contributed by atoms with Gasteiger partial charge in [0.25, 0.3) is 0 Å². The highest BCUT2D eigenvalue weighted by molar-refractivity contribution is 5.88. The number of rotatable bonds is 3. The van der Waals surface area contributed by atoms with Crippen LogP contribution in [0.15, 0.2) is 24.3 Å². The lowest BCUT2D eigenvalue weighted by Gasteiger charge is -2.32. The van der Waals surface area contributed by atoms with E-state index in [0.717, 1.165) is 31.2 Å². The van der Waals surface area contributed by atoms with Crippen LogP contribution in [0, 0.1) is 5.82 Å². The number of halogens is 1. The third-order valence-corrected chi connectivity index (χ3v) is 4.08. The average Bonchev–Trinajstić information content (AvgIpc) is 2.88. The van der Waals surface area contributed by atoms with Crippen LogP contribution in [-0.2, 0) is 10.2 Å². The van der Waals surface area contributed by atoms with E-state index in [0.29, 0.717) is 6.54 Å². The van der Waals surface area contributed by atoms with Gasteiger partial charge in [0.05, 0.1) is 5.41 Å². The highest BCUT2D eigenvalue weighted by atomic mass is 19.1. The van der Waals surface area contributed by atoms with Crippen LogP contribution in [0.25, 0.3) is 0 Å². The van der Waals surface area contributed by atoms with Crippen molar-refractivity contribution in [2.75, 3.05) is 13.6 Å². The van der Waals surface area contributed by atoms with Gasteiger partial charge >= 0.3 is 0 Å². The lowest BCUT2D eigenvalue weighted by Crippen LogP contribution is -2.43. The van der Waals surface area contributed by atoms with Crippen LogP contribution >= 0.6 is 0 Å². The molecule has 3 heteroatoms. The van der Waals surface area contributed by atoms with Gasteiger partial charge in [0, 0.05) is 13.6 Å². The molecule has 1 fully saturated rings. The molecule has 0 aromatic heterocycles. The molecule has 0 aliphatic heterocycles. The van der Waals surface area contributed by atoms with Crippen LogP contribution in [0.3, 0.4) is 0 Å². The van der Waals surface area contributed by atoms with Crippen LogP contribution in [0.1, 0.15) is 38.2 Å². The van der Waals surface area contributed by atoms with Gasteiger partial charge in [0.1, 0.15) is 5.82 Å². The maximum atomic E-state index is 13.0. The zero-order valence-electron chi connectivity index (χ0n) is 11.1. The molecule has 2 nitrogen and oxygen atoms in total. The smallest absolute Gasteiger partial charge is 0.232 e. The molecule has 0 spiro atoms. The van der Waals surface area contributed by atoms with Gasteiger partial charge in [-0.3, -0.25) is 4.79 Å². The monoisotopic (exact) mass is 249 g/mol. The summed E-state index contributed by atoms with van der Waals surface area (Å²) in [5, 5.41) is 0. The van der Waals surface area contributed by atoms with Crippen LogP contribution in [0.4, 0.5) is 4.39 Å². The molecular weight excluding hydrogens is 229 g/mol. The molecule has 1 saturated carbocycles. The van der Waals surface area contributed by atoms with Crippen LogP contribution < -0.4 is 0 Å². The summed E-state index contributed by atoms with van der Waals surface area (Å²) in [5.74, 6) is -0.0719. The Bertz CT molecular complexity index is 421. The topological polar surface area (TPSA) is 20.3 Å². The molecule has 0 saturated heterocycles. The predicted molar refractivity (Wildman–Crippen MR) is 69.9 cm³/mol. The van der Waals surface area contributed by atoms with Crippen molar-refractivity contribution in [1.82, 2.24) is 4.90 Å². The van der Waals surface area contributed by atoms with E-state index < -0.39 is 5.41 Å². The summed E-state index contributed by atoms with van der Waals surface area (Å²) in [7, 11) is 1.84. The van der Waals surface area contributed by atoms with Gasteiger partial charge in [-0.05, 0) is 37.5 Å². The van der Waals surface area contributed by atoms with Crippen LogP contribution in [0.2, 0.25) is 0 Å². The molecule has 18 heavy (non-hydrogen) atoms. The predicted octanol–water partition coefficient (Wildman–Crippen LogP) is 3.12. The fourth-order valence-electron chi connectivity index (χ4n) is 2.88. The van der Waals surface area contributed by atoms with Gasteiger partial charge in [-0.1, -0.05) is 25.0 Å². The van der Waals surface area contributed by atoms with Gasteiger partial charge in [-0.15, -0.1) is 0 Å². The Morgan fingerprint density at radius 3 is 2.33 bits per heavy atom. The van der Waals surface area contributed by atoms with E-state index >= 15 is 0 Å². The van der Waals surface area contributed by atoms with Crippen molar-refractivity contribution < 1.29 is 9.18 Å². The fourth-order valence-corrected chi connectivity index (χ4v) is 2.88. The fraction of sp³-hybridized carbons (Fsp3) is 0.533. The van der Waals surface area contributed by atoms with Crippen molar-refractivity contribution in [2.24, 2.45) is 0 Å². The van der Waals surface area contributed by atoms with E-state index in [1.165, 1.54) is 12.1 Å². The van der Waals surface area contributed by atoms with E-state index in [4.69, 9.17) is 0 Å². The molecule has 0 unspecified atom stereocenters. The normalized spacial score (nSPS) is 17.7. The molecule has 0 atom stereocenters. The largest absolute Gasteiger partial charge is 0.345 e. The first-order valence-electron chi connectivity index (χ1n) is 6.62. The molecule has 0 radical (unpaired) electrons. The lowest BCUT2D eigenvalue weighted by molar-refractivity contribution is -0.135. The van der Waals surface area contributed by atoms with Crippen LogP contribution in [-0.4, -0.2) is 24.4 Å². The Balaban J connectivity index is 2.38. The van der Waals surface area contributed by atoms with Crippen molar-refractivity contribution in [2.45, 2.75) is 38.0 Å². The minimum atomic E-state index is -0.418. The second kappa shape index (κ2) is 5.09. The minimum absolute atomic E-state index is 0.175. The van der Waals surface area contributed by atoms with Gasteiger partial charge in [0.2, 0.25) is 5.91 Å². The summed E-state index contributed by atoms with van der Waals surface area (Å²) in [4.78, 5) is 14.4. The van der Waals surface area contributed by atoms with E-state index in [2.05, 4.69) is 0 Å². The third-order valence-electron chi connectivity index (χ3n) is 4.08. The number of benzene rings is 1. The van der Waals surface area contributed by atoms with E-state index in [9.17, 15) is 9.18 Å². The summed E-state index contributed by atoms with van der Waals surface area (Å²) in [6.45, 7) is 2.69. The molecule has 0 heterocycles. The van der Waals surface area contributed by atoms with E-state index in [1.54, 1.807) is 17.0 Å². The number of hydrogen-bond acceptors (Lipinski definition) is 1. The van der Waals surface area contributed by atoms with Crippen molar-refractivity contribution in [3.8, 4) is 0 Å². The zero-order chi connectivity index (χ0) is 13.2. The van der Waals surface area contributed by atoms with Gasteiger partial charge < -0.3 is 4.90 Å². The Morgan fingerprint density at radius 2 is 1.83 bits per heavy atom. The molecule has 0 bridgehead atoms. The summed E-state index contributed by atoms with van der Waals surface area (Å²) >= 11 is 0. The van der Waals surface area contributed by atoms with Crippen molar-refractivity contribution in [3.63, 3.8) is 0 Å². The molecule has 1 amide bonds. The highest BCUT2D eigenvalue weighted by Crippen LogP contribution is 2.42. The summed E-state index contributed by atoms with van der Waals surface area (Å²) < 4.78 is 13.0. The number of nitrogens with zero attached hydrogens (tertiary/aromatic N) is 1. The first kappa shape index (κ1) is 13.1. The summed E-state index contributed by atoms with van der Waals surface area (Å²) in [5.41, 5.74) is 0.546. The lowest BCUT2D eigenvalue weighted by atomic mass is 9.77. The Morgan fingerprint density at radius 1 is 1.28 bits per heavy atom. The molecule has 1 aliphatic carbocycles. The standard InChI is InChI=1S/C15H20FNO/c1-3-17(2)14(18)15(10-4-5-11-15)12-6-8-13(16)9-7-12/h6-9H,3-5,10-11H2,1-2H3. The molecule has 1 aliphatic rings. The molecule has 1 aromatic carbocycles. The van der Waals surface area contributed by atoms with Gasteiger partial charge in [-0.25, -0.2) is 4.39 Å². The van der Waals surface area contributed by atoms with Crippen molar-refractivity contribution in [3.05, 3.63) is 35.6 Å². The first-order valence-corrected chi connectivity index (χ1v) is 6.62. The molecule has 1 aromatic rings. The quantitative estimate of drug-likeness (QED) is 0.806. The van der Waals surface area contributed by atoms with E-state index in [-0.39, 0.29) is 11.7 Å². The summed E-state index contributed by atoms with van der Waals surface area (Å²) in [6.07, 6.45) is 3.89. The minimum Gasteiger partial charge on any atom is -0.345 e. The second-order valence-corrected chi connectivity index (χ2v) is 5.12. The Labute approximate surface area is 108 Å². The number of likely N-dealkylation sites (N-methyl/N-ethyl adjacent to an activating group) is 1. The zero-order valence-corrected chi connectivity index (χ0v) is 11.1. The molecule has 98 valence electrons. The number of carbonyl (C=O) groups excluding carboxylic acids is 1. The number of amides is 1. The first-order chi connectivity index (χ1) is 8.60. The molecule has 2 rings (SSSR count). The van der Waals surface area contributed by atoms with Crippen molar-refractivity contribution >= 4 is 5.91 Å². The Kier molecular flexibility index (Phi) is 3.69. The van der Waals surface area contributed by atoms with Crippen molar-refractivity contribution in [1.29, 1.82) is 0 Å². The van der Waals surface area contributed by atoms with E-state index in [1.807, 2.05) is 14.0 Å². The maximum Gasteiger partial charge on any atom is 0.232 e. The third kappa shape index (κ3) is 2.14. The average molecular weight is 249 g/mol. The molecular formula is C15H20FNO. The van der Waals surface area contributed by atoms with Crippen LogP contribution in [0.5, 0.6) is 0 Å². The number of hydrogen-bond donors (Lipinski definition) is 0. The molecule has 0 N–H and O–H groups in total. The van der Waals surface area contributed by atoms with Gasteiger partial charge in [0.15, 0.2) is 0 Å².